The molecule has 3 aliphatic rings. The lowest BCUT2D eigenvalue weighted by atomic mass is 9.81. The second kappa shape index (κ2) is 10.9. The van der Waals surface area contributed by atoms with Gasteiger partial charge in [0.25, 0.3) is 5.91 Å². The molecule has 0 saturated heterocycles. The summed E-state index contributed by atoms with van der Waals surface area (Å²) in [5, 5.41) is 17.1. The first kappa shape index (κ1) is 26.9. The Bertz CT molecular complexity index is 1410. The molecule has 2 amide bonds. The zero-order valence-electron chi connectivity index (χ0n) is 23.7. The van der Waals surface area contributed by atoms with Crippen molar-refractivity contribution < 1.29 is 19.4 Å². The maximum atomic E-state index is 13.5. The molecule has 2 heterocycles. The summed E-state index contributed by atoms with van der Waals surface area (Å²) in [5.41, 5.74) is 4.25. The SMILES string of the molecule is CC(C)(NC(=O)c1ccc2c(C3CCCCC3)c3n(c2c1)CCOc1ccccc1-3)C(=O)NC1CCC(O)CC1. The fraction of sp³-hybridized carbons (Fsp3) is 0.515. The highest BCUT2D eigenvalue weighted by molar-refractivity contribution is 6.03. The second-order valence-electron chi connectivity index (χ2n) is 12.4. The van der Waals surface area contributed by atoms with Crippen molar-refractivity contribution >= 4 is 22.7 Å². The van der Waals surface area contributed by atoms with Gasteiger partial charge in [0.15, 0.2) is 0 Å². The monoisotopic (exact) mass is 543 g/mol. The average molecular weight is 544 g/mol. The van der Waals surface area contributed by atoms with Crippen molar-refractivity contribution in [2.75, 3.05) is 6.61 Å². The van der Waals surface area contributed by atoms with E-state index in [-0.39, 0.29) is 24.0 Å². The smallest absolute Gasteiger partial charge is 0.252 e. The molecule has 3 N–H and O–H groups in total. The number of para-hydroxylation sites is 1. The number of nitrogens with zero attached hydrogens (tertiary/aromatic N) is 1. The molecule has 7 nitrogen and oxygen atoms in total. The average Bonchev–Trinajstić information content (AvgIpc) is 3.15. The minimum atomic E-state index is -1.07. The first-order valence-electron chi connectivity index (χ1n) is 15.0. The molecular weight excluding hydrogens is 502 g/mol. The molecule has 0 atom stereocenters. The molecule has 1 aliphatic heterocycles. The van der Waals surface area contributed by atoms with Crippen LogP contribution in [0.15, 0.2) is 42.5 Å². The number of aromatic nitrogens is 1. The van der Waals surface area contributed by atoms with Gasteiger partial charge in [0.2, 0.25) is 5.91 Å². The second-order valence-corrected chi connectivity index (χ2v) is 12.4. The predicted octanol–water partition coefficient (Wildman–Crippen LogP) is 5.68. The van der Waals surface area contributed by atoms with Crippen LogP contribution in [0.2, 0.25) is 0 Å². The fourth-order valence-corrected chi connectivity index (χ4v) is 6.88. The summed E-state index contributed by atoms with van der Waals surface area (Å²) in [5.74, 6) is 0.940. The predicted molar refractivity (Wildman–Crippen MR) is 157 cm³/mol. The van der Waals surface area contributed by atoms with Crippen LogP contribution in [0.3, 0.4) is 0 Å². The fourth-order valence-electron chi connectivity index (χ4n) is 6.88. The summed E-state index contributed by atoms with van der Waals surface area (Å²) in [6.07, 6.45) is 8.75. The van der Waals surface area contributed by atoms with Crippen LogP contribution in [-0.4, -0.2) is 45.8 Å². The Hall–Kier alpha value is -3.32. The summed E-state index contributed by atoms with van der Waals surface area (Å²) in [6, 6.07) is 14.3. The van der Waals surface area contributed by atoms with Crippen molar-refractivity contribution in [1.82, 2.24) is 15.2 Å². The number of fused-ring (bicyclic) bond motifs is 5. The number of ether oxygens (including phenoxy) is 1. The Kier molecular flexibility index (Phi) is 7.34. The highest BCUT2D eigenvalue weighted by Crippen LogP contribution is 2.47. The van der Waals surface area contributed by atoms with Crippen LogP contribution in [0, 0.1) is 0 Å². The van der Waals surface area contributed by atoms with E-state index in [0.717, 1.165) is 29.7 Å². The number of rotatable bonds is 5. The zero-order chi connectivity index (χ0) is 27.9. The lowest BCUT2D eigenvalue weighted by Gasteiger charge is -2.31. The Balaban J connectivity index is 1.32. The first-order valence-corrected chi connectivity index (χ1v) is 15.0. The highest BCUT2D eigenvalue weighted by Gasteiger charge is 2.33. The number of hydrogen-bond donors (Lipinski definition) is 3. The molecule has 2 fully saturated rings. The molecule has 40 heavy (non-hydrogen) atoms. The van der Waals surface area contributed by atoms with E-state index in [1.165, 1.54) is 48.7 Å². The molecule has 0 spiro atoms. The lowest BCUT2D eigenvalue weighted by molar-refractivity contribution is -0.127. The first-order chi connectivity index (χ1) is 19.3. The Morgan fingerprint density at radius 2 is 1.73 bits per heavy atom. The van der Waals surface area contributed by atoms with Crippen LogP contribution in [0.25, 0.3) is 22.2 Å². The normalized spacial score (nSPS) is 21.6. The standard InChI is InChI=1S/C33H41N3O4/c1-33(2,32(39)34-23-13-15-24(37)16-14-23)35-31(38)22-12-17-25-27(20-22)36-18-19-40-28-11-7-6-10-26(28)30(36)29(25)21-8-4-3-5-9-21/h6-7,10-12,17,20-21,23-24,37H,3-5,8-9,13-16,18-19H2,1-2H3,(H,34,39)(H,35,38). The van der Waals surface area contributed by atoms with E-state index in [1.54, 1.807) is 13.8 Å². The van der Waals surface area contributed by atoms with Crippen LogP contribution in [0.4, 0.5) is 0 Å². The summed E-state index contributed by atoms with van der Waals surface area (Å²) < 4.78 is 8.50. The number of amides is 2. The largest absolute Gasteiger partial charge is 0.491 e. The topological polar surface area (TPSA) is 92.6 Å². The Morgan fingerprint density at radius 3 is 2.50 bits per heavy atom. The van der Waals surface area contributed by atoms with Crippen LogP contribution in [0.1, 0.15) is 93.5 Å². The van der Waals surface area contributed by atoms with Crippen LogP contribution >= 0.6 is 0 Å². The molecule has 1 aromatic heterocycles. The number of aliphatic hydroxyl groups excluding tert-OH is 1. The third kappa shape index (κ3) is 5.12. The van der Waals surface area contributed by atoms with Crippen molar-refractivity contribution in [3.05, 3.63) is 53.6 Å². The van der Waals surface area contributed by atoms with Gasteiger partial charge in [-0.15, -0.1) is 0 Å². The van der Waals surface area contributed by atoms with Crippen LogP contribution in [0.5, 0.6) is 5.75 Å². The maximum absolute atomic E-state index is 13.5. The van der Waals surface area contributed by atoms with Crippen molar-refractivity contribution in [2.24, 2.45) is 0 Å². The van der Waals surface area contributed by atoms with Crippen molar-refractivity contribution in [1.29, 1.82) is 0 Å². The van der Waals surface area contributed by atoms with E-state index >= 15 is 0 Å². The van der Waals surface area contributed by atoms with E-state index in [1.807, 2.05) is 18.2 Å². The van der Waals surface area contributed by atoms with Gasteiger partial charge in [-0.05, 0) is 88.1 Å². The number of hydrogen-bond acceptors (Lipinski definition) is 4. The molecule has 212 valence electrons. The number of benzene rings is 2. The number of nitrogens with one attached hydrogen (secondary N) is 2. The molecule has 2 aliphatic carbocycles. The third-order valence-electron chi connectivity index (χ3n) is 9.12. The van der Waals surface area contributed by atoms with Gasteiger partial charge in [0.1, 0.15) is 17.9 Å². The quantitative estimate of drug-likeness (QED) is 0.386. The minimum Gasteiger partial charge on any atom is -0.491 e. The van der Waals surface area contributed by atoms with Gasteiger partial charge in [-0.1, -0.05) is 37.5 Å². The van der Waals surface area contributed by atoms with Crippen molar-refractivity contribution in [3.63, 3.8) is 0 Å². The van der Waals surface area contributed by atoms with Crippen molar-refractivity contribution in [2.45, 2.75) is 102 Å². The lowest BCUT2D eigenvalue weighted by Crippen LogP contribution is -2.57. The third-order valence-corrected chi connectivity index (χ3v) is 9.12. The molecule has 6 rings (SSSR count). The van der Waals surface area contributed by atoms with Crippen LogP contribution < -0.4 is 15.4 Å². The van der Waals surface area contributed by atoms with Gasteiger partial charge in [0.05, 0.1) is 18.3 Å². The van der Waals surface area contributed by atoms with Crippen molar-refractivity contribution in [3.8, 4) is 17.0 Å². The molecule has 2 aromatic carbocycles. The molecule has 7 heteroatoms. The summed E-state index contributed by atoms with van der Waals surface area (Å²) in [7, 11) is 0. The van der Waals surface area contributed by atoms with Gasteiger partial charge < -0.3 is 25.0 Å². The maximum Gasteiger partial charge on any atom is 0.252 e. The molecule has 0 radical (unpaired) electrons. The highest BCUT2D eigenvalue weighted by atomic mass is 16.5. The molecule has 0 unspecified atom stereocenters. The number of aliphatic hydroxyl groups is 1. The van der Waals surface area contributed by atoms with Crippen LogP contribution in [-0.2, 0) is 11.3 Å². The number of carbonyl (C=O) groups excluding carboxylic acids is 2. The van der Waals surface area contributed by atoms with Gasteiger partial charge in [-0.2, -0.15) is 0 Å². The molecular formula is C33H41N3O4. The van der Waals surface area contributed by atoms with Gasteiger partial charge >= 0.3 is 0 Å². The van der Waals surface area contributed by atoms with E-state index in [2.05, 4.69) is 39.5 Å². The van der Waals surface area contributed by atoms with Gasteiger partial charge in [-0.25, -0.2) is 0 Å². The van der Waals surface area contributed by atoms with Gasteiger partial charge in [-0.3, -0.25) is 9.59 Å². The zero-order valence-corrected chi connectivity index (χ0v) is 23.7. The molecule has 2 saturated carbocycles. The molecule has 0 bridgehead atoms. The van der Waals surface area contributed by atoms with E-state index in [0.29, 0.717) is 37.5 Å². The Morgan fingerprint density at radius 1 is 0.975 bits per heavy atom. The van der Waals surface area contributed by atoms with E-state index in [4.69, 9.17) is 4.74 Å². The van der Waals surface area contributed by atoms with E-state index in [9.17, 15) is 14.7 Å². The summed E-state index contributed by atoms with van der Waals surface area (Å²) >= 11 is 0. The van der Waals surface area contributed by atoms with Gasteiger partial charge in [0, 0.05) is 28.1 Å². The Labute approximate surface area is 236 Å². The van der Waals surface area contributed by atoms with E-state index < -0.39 is 5.54 Å². The number of carbonyl (C=O) groups is 2. The summed E-state index contributed by atoms with van der Waals surface area (Å²) in [6.45, 7) is 4.77. The summed E-state index contributed by atoms with van der Waals surface area (Å²) in [4.78, 5) is 26.6. The minimum absolute atomic E-state index is 0.0305. The molecule has 3 aromatic rings.